The van der Waals surface area contributed by atoms with Gasteiger partial charge in [-0.05, 0) is 29.3 Å². The quantitative estimate of drug-likeness (QED) is 0.659. The van der Waals surface area contributed by atoms with E-state index in [1.807, 2.05) is 60.7 Å². The molecule has 136 valence electrons. The molecule has 2 aromatic rings. The van der Waals surface area contributed by atoms with Crippen molar-refractivity contribution in [3.05, 3.63) is 71.8 Å². The van der Waals surface area contributed by atoms with Crippen molar-refractivity contribution in [2.75, 3.05) is 6.61 Å². The summed E-state index contributed by atoms with van der Waals surface area (Å²) in [5.41, 5.74) is 6.87. The van der Waals surface area contributed by atoms with Crippen molar-refractivity contribution >= 4 is 8.32 Å². The fraction of sp³-hybridized carbons (Fsp3) is 0.429. The summed E-state index contributed by atoms with van der Waals surface area (Å²) < 4.78 is 6.38. The third-order valence-electron chi connectivity index (χ3n) is 5.47. The molecule has 25 heavy (non-hydrogen) atoms. The van der Waals surface area contributed by atoms with Gasteiger partial charge in [0.05, 0.1) is 12.6 Å². The lowest BCUT2D eigenvalue weighted by molar-refractivity contribution is 0.0317. The monoisotopic (exact) mass is 357 g/mol. The maximum Gasteiger partial charge on any atom is 0.192 e. The first-order valence-corrected chi connectivity index (χ1v) is 11.8. The zero-order valence-corrected chi connectivity index (χ0v) is 16.6. The highest BCUT2D eigenvalue weighted by Crippen LogP contribution is 2.33. The third kappa shape index (κ3) is 4.21. The molecule has 0 amide bonds. The van der Waals surface area contributed by atoms with E-state index in [2.05, 4.69) is 20.8 Å². The van der Waals surface area contributed by atoms with Crippen molar-refractivity contribution in [1.82, 2.24) is 0 Å². The highest BCUT2D eigenvalue weighted by Gasteiger charge is 2.40. The summed E-state index contributed by atoms with van der Waals surface area (Å²) in [6.45, 7) is 6.96. The molecule has 2 rings (SSSR count). The van der Waals surface area contributed by atoms with Crippen LogP contribution < -0.4 is 5.73 Å². The second-order valence-corrected chi connectivity index (χ2v) is 11.4. The lowest BCUT2D eigenvalue weighted by atomic mass is 9.81. The second-order valence-electron chi connectivity index (χ2n) is 6.66. The van der Waals surface area contributed by atoms with Crippen LogP contribution in [0.1, 0.15) is 31.9 Å². The Kier molecular flexibility index (Phi) is 6.96. The second kappa shape index (κ2) is 8.76. The van der Waals surface area contributed by atoms with Gasteiger partial charge in [0.1, 0.15) is 5.60 Å². The van der Waals surface area contributed by atoms with Crippen LogP contribution in [0.25, 0.3) is 0 Å². The van der Waals surface area contributed by atoms with Crippen LogP contribution in [-0.2, 0) is 10.0 Å². The van der Waals surface area contributed by atoms with E-state index in [9.17, 15) is 5.11 Å². The molecule has 2 aromatic carbocycles. The van der Waals surface area contributed by atoms with Gasteiger partial charge in [-0.25, -0.2) is 0 Å². The topological polar surface area (TPSA) is 55.5 Å². The summed E-state index contributed by atoms with van der Waals surface area (Å²) in [5, 5.41) is 11.6. The Morgan fingerprint density at radius 3 is 1.64 bits per heavy atom. The van der Waals surface area contributed by atoms with Gasteiger partial charge in [-0.2, -0.15) is 0 Å². The minimum Gasteiger partial charge on any atom is -0.415 e. The summed E-state index contributed by atoms with van der Waals surface area (Å²) in [6, 6.07) is 22.0. The highest BCUT2D eigenvalue weighted by molar-refractivity contribution is 6.73. The lowest BCUT2D eigenvalue weighted by Crippen LogP contribution is -2.51. The highest BCUT2D eigenvalue weighted by atomic mass is 28.4. The van der Waals surface area contributed by atoms with Gasteiger partial charge >= 0.3 is 0 Å². The minimum atomic E-state index is -1.75. The minimum absolute atomic E-state index is 0.363. The first-order chi connectivity index (χ1) is 12.0. The molecule has 0 saturated carbocycles. The van der Waals surface area contributed by atoms with Gasteiger partial charge in [-0.15, -0.1) is 0 Å². The molecule has 0 aliphatic heterocycles. The van der Waals surface area contributed by atoms with Gasteiger partial charge in [-0.1, -0.05) is 81.4 Å². The number of hydrogen-bond acceptors (Lipinski definition) is 3. The third-order valence-corrected chi connectivity index (χ3v) is 10.1. The number of nitrogens with two attached hydrogens (primary N) is 1. The lowest BCUT2D eigenvalue weighted by Gasteiger charge is -2.37. The van der Waals surface area contributed by atoms with Crippen LogP contribution >= 0.6 is 0 Å². The molecule has 4 heteroatoms. The predicted molar refractivity (Wildman–Crippen MR) is 107 cm³/mol. The SMILES string of the molecule is CC[Si](CC)(CC)OC[C@@H](N)C(O)(c1ccccc1)c1ccccc1. The van der Waals surface area contributed by atoms with Crippen LogP contribution in [0.4, 0.5) is 0 Å². The first-order valence-electron chi connectivity index (χ1n) is 9.25. The molecule has 0 aliphatic rings. The van der Waals surface area contributed by atoms with Gasteiger partial charge in [-0.3, -0.25) is 0 Å². The molecular formula is C21H31NO2Si. The Balaban J connectivity index is 2.33. The zero-order valence-electron chi connectivity index (χ0n) is 15.6. The Hall–Kier alpha value is -1.46. The van der Waals surface area contributed by atoms with Gasteiger partial charge < -0.3 is 15.3 Å². The first kappa shape index (κ1) is 19.9. The Morgan fingerprint density at radius 1 is 0.880 bits per heavy atom. The fourth-order valence-corrected chi connectivity index (χ4v) is 6.07. The van der Waals surface area contributed by atoms with Gasteiger partial charge in [0.15, 0.2) is 8.32 Å². The number of hydrogen-bond donors (Lipinski definition) is 2. The van der Waals surface area contributed by atoms with E-state index in [1.54, 1.807) is 0 Å². The van der Waals surface area contributed by atoms with Crippen LogP contribution in [0.15, 0.2) is 60.7 Å². The van der Waals surface area contributed by atoms with Crippen molar-refractivity contribution in [3.8, 4) is 0 Å². The average molecular weight is 358 g/mol. The molecule has 0 spiro atoms. The van der Waals surface area contributed by atoms with E-state index in [4.69, 9.17) is 10.2 Å². The standard InChI is InChI=1S/C21H31NO2Si/c1-4-25(5-2,6-3)24-17-20(22)21(23,18-13-9-7-10-14-18)19-15-11-8-12-16-19/h7-16,20,23H,4-6,17,22H2,1-3H3/t20-/m1/s1. The zero-order chi connectivity index (χ0) is 18.3. The molecule has 1 atom stereocenters. The van der Waals surface area contributed by atoms with E-state index in [1.165, 1.54) is 0 Å². The molecule has 0 saturated heterocycles. The van der Waals surface area contributed by atoms with E-state index in [0.29, 0.717) is 6.61 Å². The molecule has 0 unspecified atom stereocenters. The van der Waals surface area contributed by atoms with Crippen molar-refractivity contribution in [2.24, 2.45) is 5.73 Å². The van der Waals surface area contributed by atoms with E-state index < -0.39 is 20.0 Å². The molecule has 0 aliphatic carbocycles. The van der Waals surface area contributed by atoms with Crippen molar-refractivity contribution in [1.29, 1.82) is 0 Å². The van der Waals surface area contributed by atoms with E-state index in [0.717, 1.165) is 29.3 Å². The number of benzene rings is 2. The van der Waals surface area contributed by atoms with Crippen molar-refractivity contribution < 1.29 is 9.53 Å². The summed E-state index contributed by atoms with van der Waals surface area (Å²) in [4.78, 5) is 0. The van der Waals surface area contributed by atoms with Gasteiger partial charge in [0, 0.05) is 0 Å². The maximum atomic E-state index is 11.6. The predicted octanol–water partition coefficient (Wildman–Crippen LogP) is 4.27. The van der Waals surface area contributed by atoms with Crippen molar-refractivity contribution in [2.45, 2.75) is 50.5 Å². The van der Waals surface area contributed by atoms with Crippen LogP contribution in [0.3, 0.4) is 0 Å². The normalized spacial score (nSPS) is 13.6. The molecule has 0 heterocycles. The molecule has 0 aromatic heterocycles. The summed E-state index contributed by atoms with van der Waals surface area (Å²) in [5.74, 6) is 0. The van der Waals surface area contributed by atoms with Crippen molar-refractivity contribution in [3.63, 3.8) is 0 Å². The maximum absolute atomic E-state index is 11.6. The van der Waals surface area contributed by atoms with Crippen LogP contribution in [0, 0.1) is 0 Å². The molecule has 0 radical (unpaired) electrons. The van der Waals surface area contributed by atoms with Gasteiger partial charge in [0.2, 0.25) is 0 Å². The Labute approximate surface area is 153 Å². The van der Waals surface area contributed by atoms with E-state index >= 15 is 0 Å². The summed E-state index contributed by atoms with van der Waals surface area (Å²) in [7, 11) is -1.75. The smallest absolute Gasteiger partial charge is 0.192 e. The largest absolute Gasteiger partial charge is 0.415 e. The molecule has 3 N–H and O–H groups in total. The summed E-state index contributed by atoms with van der Waals surface area (Å²) in [6.07, 6.45) is 0. The van der Waals surface area contributed by atoms with Crippen LogP contribution in [-0.4, -0.2) is 26.1 Å². The number of rotatable bonds is 9. The van der Waals surface area contributed by atoms with Crippen LogP contribution in [0.5, 0.6) is 0 Å². The molecule has 0 bridgehead atoms. The Morgan fingerprint density at radius 2 is 1.28 bits per heavy atom. The average Bonchev–Trinajstić information content (AvgIpc) is 2.70. The fourth-order valence-electron chi connectivity index (χ4n) is 3.42. The summed E-state index contributed by atoms with van der Waals surface area (Å²) >= 11 is 0. The van der Waals surface area contributed by atoms with E-state index in [-0.39, 0.29) is 0 Å². The number of aliphatic hydroxyl groups is 1. The van der Waals surface area contributed by atoms with Crippen LogP contribution in [0.2, 0.25) is 18.1 Å². The van der Waals surface area contributed by atoms with Gasteiger partial charge in [0.25, 0.3) is 0 Å². The molecular weight excluding hydrogens is 326 g/mol. The molecule has 3 nitrogen and oxygen atoms in total. The Bertz CT molecular complexity index is 581. The molecule has 0 fully saturated rings.